The Hall–Kier alpha value is -3.92. The highest BCUT2D eigenvalue weighted by molar-refractivity contribution is 6.13. The van der Waals surface area contributed by atoms with Crippen molar-refractivity contribution in [3.8, 4) is 11.5 Å². The van der Waals surface area contributed by atoms with Crippen LogP contribution in [0.1, 0.15) is 31.8 Å². The van der Waals surface area contributed by atoms with Crippen LogP contribution in [0, 0.1) is 0 Å². The van der Waals surface area contributed by atoms with Crippen molar-refractivity contribution in [2.24, 2.45) is 0 Å². The summed E-state index contributed by atoms with van der Waals surface area (Å²) in [4.78, 5) is 24.9. The summed E-state index contributed by atoms with van der Waals surface area (Å²) in [5.74, 6) is -1.71. The molecule has 28 heavy (non-hydrogen) atoms. The summed E-state index contributed by atoms with van der Waals surface area (Å²) in [5, 5.41) is 20.1. The highest BCUT2D eigenvalue weighted by Crippen LogP contribution is 2.29. The lowest BCUT2D eigenvalue weighted by molar-refractivity contribution is 0.104. The van der Waals surface area contributed by atoms with Crippen molar-refractivity contribution in [2.45, 2.75) is 0 Å². The molecule has 0 unspecified atom stereocenters. The molecule has 4 nitrogen and oxygen atoms in total. The normalized spacial score (nSPS) is 11.1. The first kappa shape index (κ1) is 18.9. The second-order valence-electron chi connectivity index (χ2n) is 6.10. The van der Waals surface area contributed by atoms with Gasteiger partial charge in [-0.2, -0.15) is 0 Å². The summed E-state index contributed by atoms with van der Waals surface area (Å²) in [6.07, 6.45) is 5.86. The highest BCUT2D eigenvalue weighted by Gasteiger charge is 2.16. The summed E-state index contributed by atoms with van der Waals surface area (Å²) < 4.78 is 0. The lowest BCUT2D eigenvalue weighted by atomic mass is 10.0. The van der Waals surface area contributed by atoms with Crippen LogP contribution in [-0.2, 0) is 0 Å². The van der Waals surface area contributed by atoms with Crippen LogP contribution in [0.2, 0.25) is 0 Å². The Kier molecular flexibility index (Phi) is 5.82. The van der Waals surface area contributed by atoms with Crippen LogP contribution in [0.15, 0.2) is 84.9 Å². The van der Waals surface area contributed by atoms with Crippen LogP contribution in [0.4, 0.5) is 0 Å². The largest absolute Gasteiger partial charge is 0.507 e. The van der Waals surface area contributed by atoms with Gasteiger partial charge in [-0.1, -0.05) is 72.8 Å². The molecule has 0 bridgehead atoms. The molecule has 0 amide bonds. The van der Waals surface area contributed by atoms with E-state index in [2.05, 4.69) is 0 Å². The second kappa shape index (κ2) is 8.64. The summed E-state index contributed by atoms with van der Waals surface area (Å²) >= 11 is 0. The van der Waals surface area contributed by atoms with Gasteiger partial charge in [-0.15, -0.1) is 0 Å². The third kappa shape index (κ3) is 4.62. The van der Waals surface area contributed by atoms with E-state index in [9.17, 15) is 19.8 Å². The van der Waals surface area contributed by atoms with Crippen LogP contribution in [-0.4, -0.2) is 21.8 Å². The molecular weight excluding hydrogens is 352 g/mol. The van der Waals surface area contributed by atoms with Gasteiger partial charge in [0.2, 0.25) is 0 Å². The highest BCUT2D eigenvalue weighted by atomic mass is 16.3. The molecule has 0 saturated carbocycles. The van der Waals surface area contributed by atoms with Crippen molar-refractivity contribution < 1.29 is 19.8 Å². The Labute approximate surface area is 162 Å². The Balaban J connectivity index is 1.85. The Bertz CT molecular complexity index is 966. The molecule has 0 aliphatic carbocycles. The molecule has 138 valence electrons. The van der Waals surface area contributed by atoms with Gasteiger partial charge >= 0.3 is 0 Å². The van der Waals surface area contributed by atoms with Gasteiger partial charge in [-0.05, 0) is 29.3 Å². The number of phenols is 2. The number of benzene rings is 3. The average Bonchev–Trinajstić information content (AvgIpc) is 2.72. The third-order valence-corrected chi connectivity index (χ3v) is 4.10. The standard InChI is InChI=1S/C24H18O4/c25-21(13-11-17-7-3-1-4-8-17)19-15-20(24(28)16-23(19)27)22(26)14-12-18-9-5-2-6-10-18/h1-16,27-28H/b13-11-,14-12-. The molecule has 0 aliphatic heterocycles. The number of carbonyl (C=O) groups is 2. The van der Waals surface area contributed by atoms with E-state index < -0.39 is 11.6 Å². The number of ketones is 2. The molecule has 0 aliphatic rings. The van der Waals surface area contributed by atoms with E-state index in [1.165, 1.54) is 18.2 Å². The van der Waals surface area contributed by atoms with Gasteiger partial charge in [0.25, 0.3) is 0 Å². The third-order valence-electron chi connectivity index (χ3n) is 4.10. The lowest BCUT2D eigenvalue weighted by Crippen LogP contribution is -2.01. The van der Waals surface area contributed by atoms with E-state index in [0.29, 0.717) is 0 Å². The predicted octanol–water partition coefficient (Wildman–Crippen LogP) is 4.89. The lowest BCUT2D eigenvalue weighted by Gasteiger charge is -2.06. The zero-order chi connectivity index (χ0) is 19.9. The first-order chi connectivity index (χ1) is 13.5. The molecule has 0 atom stereocenters. The number of hydrogen-bond acceptors (Lipinski definition) is 4. The van der Waals surface area contributed by atoms with Crippen molar-refractivity contribution in [3.63, 3.8) is 0 Å². The Morgan fingerprint density at radius 3 is 1.39 bits per heavy atom. The minimum atomic E-state index is -0.470. The molecule has 0 saturated heterocycles. The molecule has 0 spiro atoms. The van der Waals surface area contributed by atoms with Crippen LogP contribution in [0.25, 0.3) is 12.2 Å². The summed E-state index contributed by atoms with van der Waals surface area (Å²) in [6.45, 7) is 0. The van der Waals surface area contributed by atoms with Gasteiger partial charge in [0, 0.05) is 6.07 Å². The van der Waals surface area contributed by atoms with E-state index >= 15 is 0 Å². The molecule has 0 heterocycles. The Morgan fingerprint density at radius 1 is 0.607 bits per heavy atom. The van der Waals surface area contributed by atoms with Crippen LogP contribution in [0.3, 0.4) is 0 Å². The van der Waals surface area contributed by atoms with Gasteiger partial charge in [0.05, 0.1) is 11.1 Å². The van der Waals surface area contributed by atoms with Crippen molar-refractivity contribution in [2.75, 3.05) is 0 Å². The van der Waals surface area contributed by atoms with Crippen LogP contribution < -0.4 is 0 Å². The van der Waals surface area contributed by atoms with E-state index in [1.54, 1.807) is 12.2 Å². The fraction of sp³-hybridized carbons (Fsp3) is 0. The first-order valence-corrected chi connectivity index (χ1v) is 8.65. The van der Waals surface area contributed by atoms with E-state index in [-0.39, 0.29) is 22.6 Å². The predicted molar refractivity (Wildman–Crippen MR) is 109 cm³/mol. The zero-order valence-electron chi connectivity index (χ0n) is 14.9. The minimum absolute atomic E-state index is 0.0542. The zero-order valence-corrected chi connectivity index (χ0v) is 14.9. The fourth-order valence-electron chi connectivity index (χ4n) is 2.62. The Morgan fingerprint density at radius 2 is 1.00 bits per heavy atom. The van der Waals surface area contributed by atoms with Crippen molar-refractivity contribution in [3.05, 3.63) is 107 Å². The number of hydrogen-bond donors (Lipinski definition) is 2. The van der Waals surface area contributed by atoms with E-state index in [4.69, 9.17) is 0 Å². The maximum absolute atomic E-state index is 12.4. The molecule has 4 heteroatoms. The fourth-order valence-corrected chi connectivity index (χ4v) is 2.62. The molecule has 3 rings (SSSR count). The van der Waals surface area contributed by atoms with Gasteiger partial charge in [0.1, 0.15) is 11.5 Å². The minimum Gasteiger partial charge on any atom is -0.507 e. The molecule has 0 fully saturated rings. The first-order valence-electron chi connectivity index (χ1n) is 8.65. The number of aromatic hydroxyl groups is 2. The summed E-state index contributed by atoms with van der Waals surface area (Å²) in [6, 6.07) is 20.7. The smallest absolute Gasteiger partial charge is 0.189 e. The average molecular weight is 370 g/mol. The molecule has 0 aromatic heterocycles. The quantitative estimate of drug-likeness (QED) is 0.478. The van der Waals surface area contributed by atoms with Gasteiger partial charge in [-0.3, -0.25) is 9.59 Å². The van der Waals surface area contributed by atoms with E-state index in [0.717, 1.165) is 17.2 Å². The van der Waals surface area contributed by atoms with Crippen molar-refractivity contribution in [1.29, 1.82) is 0 Å². The van der Waals surface area contributed by atoms with Gasteiger partial charge in [0.15, 0.2) is 11.6 Å². The topological polar surface area (TPSA) is 74.6 Å². The van der Waals surface area contributed by atoms with Crippen LogP contribution >= 0.6 is 0 Å². The van der Waals surface area contributed by atoms with Crippen molar-refractivity contribution >= 4 is 23.7 Å². The molecule has 3 aromatic rings. The summed E-state index contributed by atoms with van der Waals surface area (Å²) in [5.41, 5.74) is 1.55. The van der Waals surface area contributed by atoms with Crippen molar-refractivity contribution in [1.82, 2.24) is 0 Å². The maximum atomic E-state index is 12.4. The molecular formula is C24H18O4. The second-order valence-corrected chi connectivity index (χ2v) is 6.10. The molecule has 0 radical (unpaired) electrons. The number of allylic oxidation sites excluding steroid dienone is 2. The molecule has 3 aromatic carbocycles. The molecule has 2 N–H and O–H groups in total. The number of rotatable bonds is 6. The van der Waals surface area contributed by atoms with E-state index in [1.807, 2.05) is 60.7 Å². The van der Waals surface area contributed by atoms with Gasteiger partial charge in [-0.25, -0.2) is 0 Å². The number of carbonyl (C=O) groups excluding carboxylic acids is 2. The SMILES string of the molecule is O=C(/C=C\c1ccccc1)c1cc(C(=O)/C=C\c2ccccc2)c(O)cc1O. The summed E-state index contributed by atoms with van der Waals surface area (Å²) in [7, 11) is 0. The van der Waals surface area contributed by atoms with Crippen LogP contribution in [0.5, 0.6) is 11.5 Å². The monoisotopic (exact) mass is 370 g/mol. The van der Waals surface area contributed by atoms with Gasteiger partial charge < -0.3 is 10.2 Å². The maximum Gasteiger partial charge on any atom is 0.189 e. The number of phenolic OH excluding ortho intramolecular Hbond substituents is 2.